The zero-order chi connectivity index (χ0) is 15.6. The van der Waals surface area contributed by atoms with Crippen molar-refractivity contribution < 1.29 is 9.31 Å². The molecule has 0 spiro atoms. The van der Waals surface area contributed by atoms with E-state index in [9.17, 15) is 14.5 Å². The van der Waals surface area contributed by atoms with Gasteiger partial charge in [0.05, 0.1) is 20.7 Å². The smallest absolute Gasteiger partial charge is 0.316 e. The summed E-state index contributed by atoms with van der Waals surface area (Å²) in [5.41, 5.74) is 2.34. The average molecular weight is 331 g/mol. The lowest BCUT2D eigenvalue weighted by molar-refractivity contribution is -0.383. The molecule has 0 radical (unpaired) electrons. The summed E-state index contributed by atoms with van der Waals surface area (Å²) in [5, 5.41) is 13.9. The number of nitrogens with zero attached hydrogens (tertiary/aromatic N) is 1. The second-order valence-corrected chi connectivity index (χ2v) is 4.79. The third kappa shape index (κ3) is 3.15. The van der Waals surface area contributed by atoms with Crippen LogP contribution >= 0.6 is 23.2 Å². The molecule has 9 heteroatoms. The zero-order valence-electron chi connectivity index (χ0n) is 10.4. The number of anilines is 3. The number of nitrogen functional groups attached to an aromatic ring is 1. The van der Waals surface area contributed by atoms with Gasteiger partial charge >= 0.3 is 5.69 Å². The first-order chi connectivity index (χ1) is 9.93. The lowest BCUT2D eigenvalue weighted by Crippen LogP contribution is -2.10. The van der Waals surface area contributed by atoms with E-state index in [1.807, 2.05) is 0 Å². The van der Waals surface area contributed by atoms with E-state index in [4.69, 9.17) is 29.0 Å². The van der Waals surface area contributed by atoms with Crippen LogP contribution in [0.3, 0.4) is 0 Å². The summed E-state index contributed by atoms with van der Waals surface area (Å²) in [6.45, 7) is 0. The van der Waals surface area contributed by atoms with E-state index in [-0.39, 0.29) is 32.8 Å². The molecule has 110 valence electrons. The van der Waals surface area contributed by atoms with Crippen molar-refractivity contribution in [3.8, 4) is 0 Å². The second-order valence-electron chi connectivity index (χ2n) is 3.97. The molecule has 6 nitrogen and oxygen atoms in total. The summed E-state index contributed by atoms with van der Waals surface area (Å²) >= 11 is 11.8. The third-order valence-electron chi connectivity index (χ3n) is 2.64. The zero-order valence-corrected chi connectivity index (χ0v) is 11.9. The molecule has 0 fully saturated rings. The average Bonchev–Trinajstić information content (AvgIpc) is 2.42. The minimum absolute atomic E-state index is 0.000378. The molecule has 0 saturated carbocycles. The molecule has 0 aromatic heterocycles. The molecule has 0 aliphatic rings. The number of hydrogen-bond acceptors (Lipinski definition) is 5. The van der Waals surface area contributed by atoms with Crippen LogP contribution in [0.2, 0.25) is 10.0 Å². The predicted octanol–water partition coefficient (Wildman–Crippen LogP) is 4.07. The fraction of sp³-hybridized carbons (Fsp3) is 0. The van der Waals surface area contributed by atoms with Crippen LogP contribution in [-0.2, 0) is 0 Å². The Morgan fingerprint density at radius 3 is 2.29 bits per heavy atom. The van der Waals surface area contributed by atoms with Crippen LogP contribution in [0.1, 0.15) is 0 Å². The first kappa shape index (κ1) is 15.3. The van der Waals surface area contributed by atoms with Crippen LogP contribution in [0.5, 0.6) is 0 Å². The Morgan fingerprint density at radius 2 is 1.76 bits per heavy atom. The van der Waals surface area contributed by atoms with Crippen molar-refractivity contribution in [1.82, 2.24) is 0 Å². The van der Waals surface area contributed by atoms with Gasteiger partial charge < -0.3 is 10.7 Å². The van der Waals surface area contributed by atoms with Crippen LogP contribution in [0.15, 0.2) is 30.3 Å². The largest absolute Gasteiger partial charge is 0.347 e. The van der Waals surface area contributed by atoms with Gasteiger partial charge in [-0.05, 0) is 24.3 Å². The van der Waals surface area contributed by atoms with Gasteiger partial charge in [-0.15, -0.1) is 0 Å². The molecule has 0 aliphatic carbocycles. The highest BCUT2D eigenvalue weighted by molar-refractivity contribution is 6.39. The number of nitrogens with one attached hydrogen (secondary N) is 2. The molecular formula is C12H9Cl2FN4O2. The summed E-state index contributed by atoms with van der Waals surface area (Å²) in [7, 11) is 0. The number of benzene rings is 2. The minimum Gasteiger partial charge on any atom is -0.347 e. The molecule has 0 bridgehead atoms. The third-order valence-corrected chi connectivity index (χ3v) is 3.24. The fourth-order valence-electron chi connectivity index (χ4n) is 1.75. The van der Waals surface area contributed by atoms with Crippen LogP contribution in [0.25, 0.3) is 0 Å². The van der Waals surface area contributed by atoms with E-state index in [0.29, 0.717) is 0 Å². The number of para-hydroxylation sites is 1. The molecule has 0 unspecified atom stereocenters. The van der Waals surface area contributed by atoms with Crippen molar-refractivity contribution in [3.63, 3.8) is 0 Å². The van der Waals surface area contributed by atoms with Gasteiger partial charge in [0.25, 0.3) is 0 Å². The SMILES string of the molecule is NNc1cccc(Nc2c(Cl)cc(F)cc2Cl)c1[N+](=O)[O-]. The van der Waals surface area contributed by atoms with E-state index in [1.165, 1.54) is 12.1 Å². The highest BCUT2D eigenvalue weighted by Crippen LogP contribution is 2.39. The molecule has 2 aromatic rings. The summed E-state index contributed by atoms with van der Waals surface area (Å²) < 4.78 is 13.1. The topological polar surface area (TPSA) is 93.2 Å². The Labute approximate surface area is 128 Å². The Kier molecular flexibility index (Phi) is 4.46. The number of nitro groups is 1. The normalized spacial score (nSPS) is 10.3. The Balaban J connectivity index is 2.52. The maximum Gasteiger partial charge on any atom is 0.316 e. The van der Waals surface area contributed by atoms with Gasteiger partial charge in [0.15, 0.2) is 0 Å². The monoisotopic (exact) mass is 330 g/mol. The molecule has 0 heterocycles. The van der Waals surface area contributed by atoms with Gasteiger partial charge in [-0.25, -0.2) is 4.39 Å². The number of nitro benzene ring substituents is 1. The van der Waals surface area contributed by atoms with Crippen molar-refractivity contribution >= 4 is 46.0 Å². The number of hydrogen-bond donors (Lipinski definition) is 3. The van der Waals surface area contributed by atoms with Crippen LogP contribution in [-0.4, -0.2) is 4.92 Å². The maximum atomic E-state index is 13.1. The Morgan fingerprint density at radius 1 is 1.19 bits per heavy atom. The first-order valence-electron chi connectivity index (χ1n) is 5.59. The number of rotatable bonds is 4. The van der Waals surface area contributed by atoms with Crippen molar-refractivity contribution in [1.29, 1.82) is 0 Å². The number of halogens is 3. The van der Waals surface area contributed by atoms with E-state index in [2.05, 4.69) is 10.7 Å². The summed E-state index contributed by atoms with van der Waals surface area (Å²) in [4.78, 5) is 10.6. The number of nitrogens with two attached hydrogens (primary N) is 1. The van der Waals surface area contributed by atoms with Crippen molar-refractivity contribution in [2.24, 2.45) is 5.84 Å². The van der Waals surface area contributed by atoms with Crippen LogP contribution in [0.4, 0.5) is 27.1 Å². The van der Waals surface area contributed by atoms with Gasteiger partial charge in [-0.1, -0.05) is 29.3 Å². The van der Waals surface area contributed by atoms with Gasteiger partial charge in [-0.2, -0.15) is 0 Å². The standard InChI is InChI=1S/C12H9Cl2FN4O2/c13-7-4-6(15)5-8(14)11(7)17-9-2-1-3-10(18-16)12(9)19(20)21/h1-5,17-18H,16H2. The predicted molar refractivity (Wildman–Crippen MR) is 80.6 cm³/mol. The van der Waals surface area contributed by atoms with Crippen molar-refractivity contribution in [2.45, 2.75) is 0 Å². The van der Waals surface area contributed by atoms with Crippen molar-refractivity contribution in [2.75, 3.05) is 10.7 Å². The molecule has 21 heavy (non-hydrogen) atoms. The fourth-order valence-corrected chi connectivity index (χ4v) is 2.31. The lowest BCUT2D eigenvalue weighted by atomic mass is 10.2. The van der Waals surface area contributed by atoms with Gasteiger partial charge in [0.1, 0.15) is 17.2 Å². The Hall–Kier alpha value is -2.09. The summed E-state index contributed by atoms with van der Waals surface area (Å²) in [6.07, 6.45) is 0. The first-order valence-corrected chi connectivity index (χ1v) is 6.35. The minimum atomic E-state index is -0.609. The van der Waals surface area contributed by atoms with Gasteiger partial charge in [0.2, 0.25) is 0 Å². The van der Waals surface area contributed by atoms with Gasteiger partial charge in [0, 0.05) is 0 Å². The molecule has 4 N–H and O–H groups in total. The highest BCUT2D eigenvalue weighted by Gasteiger charge is 2.21. The van der Waals surface area contributed by atoms with Crippen LogP contribution in [0, 0.1) is 15.9 Å². The Bertz CT molecular complexity index is 689. The molecule has 0 atom stereocenters. The molecule has 0 aliphatic heterocycles. The highest BCUT2D eigenvalue weighted by atomic mass is 35.5. The second kappa shape index (κ2) is 6.13. The summed E-state index contributed by atoms with van der Waals surface area (Å²) in [5.74, 6) is 4.64. The van der Waals surface area contributed by atoms with Crippen LogP contribution < -0.4 is 16.6 Å². The number of hydrazine groups is 1. The van der Waals surface area contributed by atoms with Crippen molar-refractivity contribution in [3.05, 3.63) is 56.3 Å². The molecule has 0 saturated heterocycles. The molecule has 2 aromatic carbocycles. The van der Waals surface area contributed by atoms with E-state index < -0.39 is 10.7 Å². The van der Waals surface area contributed by atoms with Gasteiger partial charge in [-0.3, -0.25) is 16.0 Å². The van der Waals surface area contributed by atoms with E-state index >= 15 is 0 Å². The molecule has 2 rings (SSSR count). The summed E-state index contributed by atoms with van der Waals surface area (Å²) in [6, 6.07) is 6.54. The maximum absolute atomic E-state index is 13.1. The van der Waals surface area contributed by atoms with E-state index in [1.54, 1.807) is 6.07 Å². The molecule has 0 amide bonds. The quantitative estimate of drug-likeness (QED) is 0.446. The molecular weight excluding hydrogens is 322 g/mol. The van der Waals surface area contributed by atoms with E-state index in [0.717, 1.165) is 12.1 Å². The lowest BCUT2D eigenvalue weighted by Gasteiger charge is -2.12.